The number of aliphatic hydroxyl groups is 1. The molecule has 0 saturated carbocycles. The summed E-state index contributed by atoms with van der Waals surface area (Å²) in [7, 11) is 0. The maximum Gasteiger partial charge on any atom is 0.0784 e. The fourth-order valence-corrected chi connectivity index (χ4v) is 2.48. The summed E-state index contributed by atoms with van der Waals surface area (Å²) in [6.07, 6.45) is 5.68. The van der Waals surface area contributed by atoms with Crippen LogP contribution in [0, 0.1) is 5.41 Å². The number of piperidine rings is 1. The fourth-order valence-electron chi connectivity index (χ4n) is 2.38. The number of aliphatic hydroxyl groups excluding tert-OH is 1. The lowest BCUT2D eigenvalue weighted by molar-refractivity contribution is 0.111. The third-order valence-corrected chi connectivity index (χ3v) is 4.46. The van der Waals surface area contributed by atoms with Crippen molar-refractivity contribution in [2.75, 3.05) is 19.7 Å². The van der Waals surface area contributed by atoms with Crippen LogP contribution in [0.3, 0.4) is 0 Å². The van der Waals surface area contributed by atoms with Crippen molar-refractivity contribution < 1.29 is 5.11 Å². The Bertz CT molecular complexity index is 254. The van der Waals surface area contributed by atoms with Crippen molar-refractivity contribution in [3.63, 3.8) is 0 Å². The molecule has 1 unspecified atom stereocenters. The number of nitrogens with zero attached hydrogens (tertiary/aromatic N) is 1. The lowest BCUT2D eigenvalue weighted by Gasteiger charge is -2.37. The first-order chi connectivity index (χ1) is 7.97. The van der Waals surface area contributed by atoms with E-state index in [0.29, 0.717) is 17.6 Å². The highest BCUT2D eigenvalue weighted by atomic mass is 32.1. The van der Waals surface area contributed by atoms with Gasteiger partial charge in [-0.1, -0.05) is 32.5 Å². The molecule has 1 saturated heterocycles. The van der Waals surface area contributed by atoms with E-state index in [-0.39, 0.29) is 5.41 Å². The van der Waals surface area contributed by atoms with Crippen LogP contribution in [-0.2, 0) is 0 Å². The second kappa shape index (κ2) is 6.66. The lowest BCUT2D eigenvalue weighted by atomic mass is 9.88. The van der Waals surface area contributed by atoms with E-state index in [0.717, 1.165) is 25.9 Å². The van der Waals surface area contributed by atoms with Gasteiger partial charge in [-0.3, -0.25) is 0 Å². The minimum Gasteiger partial charge on any atom is -0.396 e. The predicted molar refractivity (Wildman–Crippen MR) is 76.1 cm³/mol. The zero-order valence-corrected chi connectivity index (χ0v) is 11.9. The summed E-state index contributed by atoms with van der Waals surface area (Å²) in [5.74, 6) is 0. The smallest absolute Gasteiger partial charge is 0.0784 e. The summed E-state index contributed by atoms with van der Waals surface area (Å²) < 4.78 is 0. The molecule has 0 aromatic carbocycles. The summed E-state index contributed by atoms with van der Waals surface area (Å²) >= 11 is 5.10. The van der Waals surface area contributed by atoms with Crippen molar-refractivity contribution >= 4 is 17.2 Å². The third kappa shape index (κ3) is 4.53. The van der Waals surface area contributed by atoms with Crippen molar-refractivity contribution in [2.24, 2.45) is 11.1 Å². The van der Waals surface area contributed by atoms with Gasteiger partial charge in [0.2, 0.25) is 0 Å². The first kappa shape index (κ1) is 14.9. The highest BCUT2D eigenvalue weighted by molar-refractivity contribution is 7.80. The minimum absolute atomic E-state index is 0.0590. The molecule has 3 nitrogen and oxygen atoms in total. The molecule has 1 aliphatic rings. The Morgan fingerprint density at radius 3 is 2.76 bits per heavy atom. The number of nitrogens with two attached hydrogens (primary N) is 1. The summed E-state index contributed by atoms with van der Waals surface area (Å²) in [6, 6.07) is 0.552. The number of hydrogen-bond donors (Lipinski definition) is 2. The van der Waals surface area contributed by atoms with Crippen LogP contribution in [0.5, 0.6) is 0 Å². The van der Waals surface area contributed by atoms with Gasteiger partial charge < -0.3 is 15.7 Å². The van der Waals surface area contributed by atoms with E-state index in [1.165, 1.54) is 19.3 Å². The first-order valence-corrected chi connectivity index (χ1v) is 7.03. The molecule has 1 aliphatic heterocycles. The Kier molecular flexibility index (Phi) is 5.83. The van der Waals surface area contributed by atoms with Crippen LogP contribution < -0.4 is 5.73 Å². The molecule has 3 N–H and O–H groups in total. The zero-order valence-electron chi connectivity index (χ0n) is 11.1. The van der Waals surface area contributed by atoms with E-state index >= 15 is 0 Å². The molecule has 0 radical (unpaired) electrons. The number of rotatable bonds is 6. The fraction of sp³-hybridized carbons (Fsp3) is 0.923. The summed E-state index contributed by atoms with van der Waals surface area (Å²) in [5.41, 5.74) is 5.69. The van der Waals surface area contributed by atoms with Crippen LogP contribution in [0.4, 0.5) is 0 Å². The van der Waals surface area contributed by atoms with Gasteiger partial charge in [-0.25, -0.2) is 0 Å². The second-order valence-electron chi connectivity index (χ2n) is 5.70. The number of thiocarbonyl (C=S) groups is 1. The van der Waals surface area contributed by atoms with Gasteiger partial charge >= 0.3 is 0 Å². The van der Waals surface area contributed by atoms with Gasteiger partial charge in [0.1, 0.15) is 0 Å². The number of hydrogen-bond acceptors (Lipinski definition) is 3. The normalized spacial score (nSPS) is 22.6. The van der Waals surface area contributed by atoms with E-state index in [9.17, 15) is 0 Å². The molecule has 4 heteroatoms. The molecular weight excluding hydrogens is 232 g/mol. The molecule has 0 aliphatic carbocycles. The van der Waals surface area contributed by atoms with Crippen molar-refractivity contribution in [3.8, 4) is 0 Å². The van der Waals surface area contributed by atoms with E-state index in [1.54, 1.807) is 0 Å². The van der Waals surface area contributed by atoms with Crippen molar-refractivity contribution in [3.05, 3.63) is 0 Å². The molecule has 1 fully saturated rings. The summed E-state index contributed by atoms with van der Waals surface area (Å²) in [4.78, 5) is 3.10. The van der Waals surface area contributed by atoms with Crippen LogP contribution in [0.1, 0.15) is 46.0 Å². The van der Waals surface area contributed by atoms with Gasteiger partial charge in [-0.05, 0) is 38.8 Å². The van der Waals surface area contributed by atoms with Crippen LogP contribution >= 0.6 is 12.2 Å². The maximum atomic E-state index is 9.09. The number of likely N-dealkylation sites (tertiary alicyclic amines) is 1. The maximum absolute atomic E-state index is 9.09. The molecule has 0 aromatic heterocycles. The van der Waals surface area contributed by atoms with Crippen LogP contribution in [0.2, 0.25) is 0 Å². The van der Waals surface area contributed by atoms with Gasteiger partial charge in [-0.15, -0.1) is 0 Å². The van der Waals surface area contributed by atoms with Crippen LogP contribution in [0.25, 0.3) is 0 Å². The Morgan fingerprint density at radius 2 is 2.18 bits per heavy atom. The summed E-state index contributed by atoms with van der Waals surface area (Å²) in [5, 5.41) is 9.09. The largest absolute Gasteiger partial charge is 0.396 e. The molecule has 1 heterocycles. The third-order valence-electron chi connectivity index (χ3n) is 3.90. The molecule has 1 atom stereocenters. The first-order valence-electron chi connectivity index (χ1n) is 6.62. The molecular formula is C13H26N2OS. The SMILES string of the molecule is CC(C)(CCN1CCCCC1CCO)C(N)=S. The van der Waals surface area contributed by atoms with E-state index in [4.69, 9.17) is 23.1 Å². The van der Waals surface area contributed by atoms with Crippen molar-refractivity contribution in [1.29, 1.82) is 0 Å². The second-order valence-corrected chi connectivity index (χ2v) is 6.14. The highest BCUT2D eigenvalue weighted by Gasteiger charge is 2.26. The Hall–Kier alpha value is -0.190. The quantitative estimate of drug-likeness (QED) is 0.715. The molecule has 0 amide bonds. The highest BCUT2D eigenvalue weighted by Crippen LogP contribution is 2.25. The Labute approximate surface area is 110 Å². The van der Waals surface area contributed by atoms with Gasteiger partial charge in [0, 0.05) is 18.1 Å². The average molecular weight is 258 g/mol. The van der Waals surface area contributed by atoms with Gasteiger partial charge in [-0.2, -0.15) is 0 Å². The van der Waals surface area contributed by atoms with E-state index < -0.39 is 0 Å². The monoisotopic (exact) mass is 258 g/mol. The van der Waals surface area contributed by atoms with Crippen LogP contribution in [0.15, 0.2) is 0 Å². The van der Waals surface area contributed by atoms with Crippen molar-refractivity contribution in [2.45, 2.75) is 52.0 Å². The molecule has 1 rings (SSSR count). The van der Waals surface area contributed by atoms with E-state index in [2.05, 4.69) is 18.7 Å². The summed E-state index contributed by atoms with van der Waals surface area (Å²) in [6.45, 7) is 6.70. The van der Waals surface area contributed by atoms with Gasteiger partial charge in [0.05, 0.1) is 4.99 Å². The predicted octanol–water partition coefficient (Wildman–Crippen LogP) is 1.93. The lowest BCUT2D eigenvalue weighted by Crippen LogP contribution is -2.43. The molecule has 0 bridgehead atoms. The molecule has 0 aromatic rings. The van der Waals surface area contributed by atoms with Gasteiger partial charge in [0.25, 0.3) is 0 Å². The van der Waals surface area contributed by atoms with Crippen molar-refractivity contribution in [1.82, 2.24) is 4.90 Å². The zero-order chi connectivity index (χ0) is 12.9. The van der Waals surface area contributed by atoms with Gasteiger partial charge in [0.15, 0.2) is 0 Å². The van der Waals surface area contributed by atoms with E-state index in [1.807, 2.05) is 0 Å². The van der Waals surface area contributed by atoms with Crippen LogP contribution in [-0.4, -0.2) is 40.7 Å². The topological polar surface area (TPSA) is 49.5 Å². The molecule has 0 spiro atoms. The Balaban J connectivity index is 2.45. The molecule has 17 heavy (non-hydrogen) atoms. The standard InChI is InChI=1S/C13H26N2OS/c1-13(2,12(14)17)7-9-15-8-4-3-5-11(15)6-10-16/h11,16H,3-10H2,1-2H3,(H2,14,17). The molecule has 100 valence electrons. The Morgan fingerprint density at radius 1 is 1.47 bits per heavy atom. The average Bonchev–Trinajstić information content (AvgIpc) is 2.28. The minimum atomic E-state index is -0.0590.